The van der Waals surface area contributed by atoms with Crippen LogP contribution in [0.15, 0.2) is 0 Å². The number of rotatable bonds is 2. The summed E-state index contributed by atoms with van der Waals surface area (Å²) in [7, 11) is 0. The molecule has 0 aliphatic heterocycles. The molecule has 0 heterocycles. The van der Waals surface area contributed by atoms with Crippen LogP contribution in [0.3, 0.4) is 0 Å². The van der Waals surface area contributed by atoms with Gasteiger partial charge in [-0.15, -0.1) is 0 Å². The molecule has 1 aliphatic rings. The Morgan fingerprint density at radius 3 is 1.62 bits per heavy atom. The van der Waals surface area contributed by atoms with E-state index in [1.54, 1.807) is 0 Å². The second-order valence-electron chi connectivity index (χ2n) is 7.09. The first-order valence-corrected chi connectivity index (χ1v) is 5.66. The van der Waals surface area contributed by atoms with Gasteiger partial charge in [-0.25, -0.2) is 0 Å². The molecule has 0 heteroatoms. The maximum Gasteiger partial charge on any atom is -0.0248 e. The van der Waals surface area contributed by atoms with Crippen LogP contribution < -0.4 is 0 Å². The molecule has 0 spiro atoms. The second-order valence-corrected chi connectivity index (χ2v) is 7.09. The highest BCUT2D eigenvalue weighted by Crippen LogP contribution is 2.62. The Labute approximate surface area is 84.1 Å². The van der Waals surface area contributed by atoms with Crippen molar-refractivity contribution in [3.63, 3.8) is 0 Å². The molecule has 0 radical (unpaired) electrons. The van der Waals surface area contributed by atoms with E-state index in [4.69, 9.17) is 0 Å². The fourth-order valence-electron chi connectivity index (χ4n) is 2.14. The largest absolute Gasteiger partial charge is 0.0602 e. The first kappa shape index (κ1) is 11.1. The molecule has 0 atom stereocenters. The predicted octanol–water partition coefficient (Wildman–Crippen LogP) is 4.64. The Hall–Kier alpha value is 0. The van der Waals surface area contributed by atoms with Crippen LogP contribution in [0.25, 0.3) is 0 Å². The van der Waals surface area contributed by atoms with Crippen LogP contribution in [0.4, 0.5) is 0 Å². The van der Waals surface area contributed by atoms with Gasteiger partial charge in [0.1, 0.15) is 0 Å². The number of hydrogen-bond donors (Lipinski definition) is 0. The van der Waals surface area contributed by atoms with Crippen LogP contribution in [0.1, 0.15) is 67.2 Å². The van der Waals surface area contributed by atoms with Gasteiger partial charge in [-0.1, -0.05) is 41.5 Å². The standard InChI is InChI=1S/C13H26/c1-11(2,3)7-8-13(9-10-13)12(4,5)6/h7-10H2,1-6H3. The summed E-state index contributed by atoms with van der Waals surface area (Å²) in [5, 5.41) is 0. The van der Waals surface area contributed by atoms with Crippen molar-refractivity contribution in [3.05, 3.63) is 0 Å². The smallest absolute Gasteiger partial charge is 0.0248 e. The minimum absolute atomic E-state index is 0.515. The van der Waals surface area contributed by atoms with E-state index >= 15 is 0 Å². The molecule has 0 N–H and O–H groups in total. The topological polar surface area (TPSA) is 0 Å². The lowest BCUT2D eigenvalue weighted by atomic mass is 9.72. The highest BCUT2D eigenvalue weighted by molar-refractivity contribution is 5.01. The minimum Gasteiger partial charge on any atom is -0.0602 e. The van der Waals surface area contributed by atoms with Gasteiger partial charge in [0.05, 0.1) is 0 Å². The van der Waals surface area contributed by atoms with Crippen molar-refractivity contribution >= 4 is 0 Å². The maximum atomic E-state index is 2.41. The van der Waals surface area contributed by atoms with Crippen LogP contribution in [0.2, 0.25) is 0 Å². The summed E-state index contributed by atoms with van der Waals surface area (Å²) in [5.74, 6) is 0. The van der Waals surface area contributed by atoms with E-state index in [-0.39, 0.29) is 0 Å². The zero-order valence-corrected chi connectivity index (χ0v) is 10.3. The van der Waals surface area contributed by atoms with E-state index in [2.05, 4.69) is 41.5 Å². The molecule has 0 bridgehead atoms. The summed E-state index contributed by atoms with van der Waals surface area (Å²) in [6.45, 7) is 14.3. The van der Waals surface area contributed by atoms with Gasteiger partial charge in [0.2, 0.25) is 0 Å². The SMILES string of the molecule is CC(C)(C)CCC1(C(C)(C)C)CC1. The molecular weight excluding hydrogens is 156 g/mol. The molecule has 0 saturated heterocycles. The lowest BCUT2D eigenvalue weighted by molar-refractivity contribution is 0.172. The van der Waals surface area contributed by atoms with Crippen molar-refractivity contribution < 1.29 is 0 Å². The molecule has 1 fully saturated rings. The number of hydrogen-bond acceptors (Lipinski definition) is 0. The molecule has 0 amide bonds. The second kappa shape index (κ2) is 3.00. The van der Waals surface area contributed by atoms with Crippen LogP contribution in [-0.2, 0) is 0 Å². The van der Waals surface area contributed by atoms with Crippen molar-refractivity contribution in [1.82, 2.24) is 0 Å². The molecule has 0 aromatic heterocycles. The van der Waals surface area contributed by atoms with Crippen molar-refractivity contribution in [3.8, 4) is 0 Å². The quantitative estimate of drug-likeness (QED) is 0.583. The van der Waals surface area contributed by atoms with Crippen molar-refractivity contribution in [1.29, 1.82) is 0 Å². The summed E-state index contributed by atoms with van der Waals surface area (Å²) in [6.07, 6.45) is 5.74. The van der Waals surface area contributed by atoms with Gasteiger partial charge < -0.3 is 0 Å². The van der Waals surface area contributed by atoms with Gasteiger partial charge in [0, 0.05) is 0 Å². The monoisotopic (exact) mass is 182 g/mol. The molecule has 0 nitrogen and oxygen atoms in total. The summed E-state index contributed by atoms with van der Waals surface area (Å²) in [6, 6.07) is 0. The molecule has 0 aromatic rings. The van der Waals surface area contributed by atoms with E-state index in [1.165, 1.54) is 25.7 Å². The van der Waals surface area contributed by atoms with Crippen LogP contribution in [0, 0.1) is 16.2 Å². The van der Waals surface area contributed by atoms with E-state index in [0.717, 1.165) is 0 Å². The summed E-state index contributed by atoms with van der Waals surface area (Å²) in [4.78, 5) is 0. The molecule has 13 heavy (non-hydrogen) atoms. The predicted molar refractivity (Wildman–Crippen MR) is 59.8 cm³/mol. The third kappa shape index (κ3) is 2.72. The van der Waals surface area contributed by atoms with Gasteiger partial charge >= 0.3 is 0 Å². The van der Waals surface area contributed by atoms with Crippen LogP contribution >= 0.6 is 0 Å². The highest BCUT2D eigenvalue weighted by Gasteiger charge is 2.51. The van der Waals surface area contributed by atoms with Crippen molar-refractivity contribution in [2.24, 2.45) is 16.2 Å². The molecule has 0 aromatic carbocycles. The fourth-order valence-corrected chi connectivity index (χ4v) is 2.14. The summed E-state index contributed by atoms with van der Waals surface area (Å²) in [5.41, 5.74) is 1.74. The molecule has 0 unspecified atom stereocenters. The highest BCUT2D eigenvalue weighted by atomic mass is 14.6. The summed E-state index contributed by atoms with van der Waals surface area (Å²) >= 11 is 0. The van der Waals surface area contributed by atoms with Gasteiger partial charge in [-0.2, -0.15) is 0 Å². The average molecular weight is 182 g/mol. The lowest BCUT2D eigenvalue weighted by Gasteiger charge is -2.33. The Kier molecular flexibility index (Phi) is 2.56. The molecular formula is C13H26. The van der Waals surface area contributed by atoms with Crippen molar-refractivity contribution in [2.75, 3.05) is 0 Å². The molecule has 1 rings (SSSR count). The minimum atomic E-state index is 0.515. The van der Waals surface area contributed by atoms with E-state index < -0.39 is 0 Å². The Morgan fingerprint density at radius 2 is 1.38 bits per heavy atom. The Morgan fingerprint density at radius 1 is 0.923 bits per heavy atom. The molecule has 78 valence electrons. The summed E-state index contributed by atoms with van der Waals surface area (Å²) < 4.78 is 0. The zero-order valence-electron chi connectivity index (χ0n) is 10.3. The average Bonchev–Trinajstić information content (AvgIpc) is 2.58. The third-order valence-corrected chi connectivity index (χ3v) is 3.80. The van der Waals surface area contributed by atoms with Gasteiger partial charge in [0.25, 0.3) is 0 Å². The van der Waals surface area contributed by atoms with E-state index in [9.17, 15) is 0 Å². The van der Waals surface area contributed by atoms with Gasteiger partial charge in [-0.3, -0.25) is 0 Å². The normalized spacial score (nSPS) is 21.7. The van der Waals surface area contributed by atoms with E-state index in [0.29, 0.717) is 16.2 Å². The molecule has 1 aliphatic carbocycles. The third-order valence-electron chi connectivity index (χ3n) is 3.80. The maximum absolute atomic E-state index is 2.41. The first-order valence-electron chi connectivity index (χ1n) is 5.66. The first-order chi connectivity index (χ1) is 5.66. The van der Waals surface area contributed by atoms with Gasteiger partial charge in [-0.05, 0) is 41.9 Å². The fraction of sp³-hybridized carbons (Fsp3) is 1.00. The lowest BCUT2D eigenvalue weighted by Crippen LogP contribution is -2.23. The van der Waals surface area contributed by atoms with Gasteiger partial charge in [0.15, 0.2) is 0 Å². The Bertz CT molecular complexity index is 171. The zero-order chi connectivity index (χ0) is 10.3. The van der Waals surface area contributed by atoms with E-state index in [1.807, 2.05) is 0 Å². The Balaban J connectivity index is 2.46. The van der Waals surface area contributed by atoms with Crippen molar-refractivity contribution in [2.45, 2.75) is 67.2 Å². The van der Waals surface area contributed by atoms with Crippen LogP contribution in [-0.4, -0.2) is 0 Å². The molecule has 1 saturated carbocycles. The van der Waals surface area contributed by atoms with Crippen LogP contribution in [0.5, 0.6) is 0 Å².